The van der Waals surface area contributed by atoms with Crippen molar-refractivity contribution in [3.63, 3.8) is 0 Å². The topological polar surface area (TPSA) is 12.0 Å². The van der Waals surface area contributed by atoms with Gasteiger partial charge in [-0.2, -0.15) is 0 Å². The number of nitrogens with one attached hydrogen (secondary N) is 1. The van der Waals surface area contributed by atoms with E-state index >= 15 is 0 Å². The third kappa shape index (κ3) is 3.16. The minimum Gasteiger partial charge on any atom is -0.375 e. The van der Waals surface area contributed by atoms with Crippen molar-refractivity contribution < 1.29 is 0 Å². The normalized spacial score (nSPS) is 12.7. The van der Waals surface area contributed by atoms with Crippen molar-refractivity contribution in [2.24, 2.45) is 0 Å². The van der Waals surface area contributed by atoms with E-state index in [-0.39, 0.29) is 6.04 Å². The van der Waals surface area contributed by atoms with Crippen molar-refractivity contribution in [2.75, 3.05) is 5.32 Å². The molecular formula is C12H15N. The molecule has 0 radical (unpaired) electrons. The highest BCUT2D eigenvalue weighted by molar-refractivity contribution is 5.45. The zero-order chi connectivity index (χ0) is 9.52. The van der Waals surface area contributed by atoms with Gasteiger partial charge in [-0.25, -0.2) is 0 Å². The van der Waals surface area contributed by atoms with Crippen LogP contribution in [0, 0.1) is 0 Å². The average molecular weight is 173 g/mol. The highest BCUT2D eigenvalue weighted by Crippen LogP contribution is 2.07. The molecular weight excluding hydrogens is 158 g/mol. The van der Waals surface area contributed by atoms with E-state index in [1.807, 2.05) is 49.4 Å². The summed E-state index contributed by atoms with van der Waals surface area (Å²) in [5.74, 6) is 0. The Balaban J connectivity index is 2.62. The van der Waals surface area contributed by atoms with E-state index in [0.29, 0.717) is 0 Å². The quantitative estimate of drug-likeness (QED) is 0.689. The minimum absolute atomic E-state index is 0.215. The minimum atomic E-state index is 0.215. The SMILES string of the molecule is C=C[C@@H](/C=C/C)Nc1ccccc1. The number of hydrogen-bond acceptors (Lipinski definition) is 1. The lowest BCUT2D eigenvalue weighted by Gasteiger charge is -2.11. The lowest BCUT2D eigenvalue weighted by molar-refractivity contribution is 1.11. The van der Waals surface area contributed by atoms with Gasteiger partial charge in [0.1, 0.15) is 0 Å². The molecule has 0 aromatic heterocycles. The maximum absolute atomic E-state index is 3.76. The first kappa shape index (κ1) is 9.59. The maximum atomic E-state index is 3.76. The number of rotatable bonds is 4. The van der Waals surface area contributed by atoms with Crippen LogP contribution < -0.4 is 5.32 Å². The summed E-state index contributed by atoms with van der Waals surface area (Å²) >= 11 is 0. The van der Waals surface area contributed by atoms with Gasteiger partial charge in [-0.3, -0.25) is 0 Å². The zero-order valence-corrected chi connectivity index (χ0v) is 7.90. The molecule has 0 aliphatic carbocycles. The number of allylic oxidation sites excluding steroid dienone is 1. The fraction of sp³-hybridized carbons (Fsp3) is 0.167. The second-order valence-corrected chi connectivity index (χ2v) is 2.80. The number of hydrogen-bond donors (Lipinski definition) is 1. The fourth-order valence-corrected chi connectivity index (χ4v) is 1.12. The molecule has 0 bridgehead atoms. The first-order valence-corrected chi connectivity index (χ1v) is 4.43. The Bertz CT molecular complexity index is 274. The largest absolute Gasteiger partial charge is 0.375 e. The molecule has 1 heteroatoms. The van der Waals surface area contributed by atoms with Crippen molar-refractivity contribution in [3.05, 3.63) is 55.1 Å². The predicted octanol–water partition coefficient (Wildman–Crippen LogP) is 3.23. The number of benzene rings is 1. The van der Waals surface area contributed by atoms with Gasteiger partial charge in [0.2, 0.25) is 0 Å². The van der Waals surface area contributed by atoms with Gasteiger partial charge >= 0.3 is 0 Å². The fourth-order valence-electron chi connectivity index (χ4n) is 1.12. The lowest BCUT2D eigenvalue weighted by atomic mass is 10.2. The smallest absolute Gasteiger partial charge is 0.0625 e. The number of para-hydroxylation sites is 1. The molecule has 0 saturated carbocycles. The molecule has 13 heavy (non-hydrogen) atoms. The van der Waals surface area contributed by atoms with Crippen LogP contribution in [0.4, 0.5) is 5.69 Å². The van der Waals surface area contributed by atoms with Gasteiger partial charge < -0.3 is 5.32 Å². The molecule has 0 heterocycles. The molecule has 1 rings (SSSR count). The highest BCUT2D eigenvalue weighted by atomic mass is 14.9. The highest BCUT2D eigenvalue weighted by Gasteiger charge is 1.96. The first-order chi connectivity index (χ1) is 6.36. The molecule has 1 nitrogen and oxygen atoms in total. The molecule has 0 fully saturated rings. The van der Waals surface area contributed by atoms with Gasteiger partial charge in [-0.15, -0.1) is 6.58 Å². The third-order valence-corrected chi connectivity index (χ3v) is 1.76. The molecule has 0 aliphatic rings. The Morgan fingerprint density at radius 1 is 1.31 bits per heavy atom. The van der Waals surface area contributed by atoms with Crippen LogP contribution >= 0.6 is 0 Å². The molecule has 68 valence electrons. The van der Waals surface area contributed by atoms with Gasteiger partial charge in [0.15, 0.2) is 0 Å². The van der Waals surface area contributed by atoms with Crippen LogP contribution in [-0.4, -0.2) is 6.04 Å². The van der Waals surface area contributed by atoms with Crippen LogP contribution in [-0.2, 0) is 0 Å². The van der Waals surface area contributed by atoms with Crippen LogP contribution in [0.15, 0.2) is 55.1 Å². The zero-order valence-electron chi connectivity index (χ0n) is 7.90. The summed E-state index contributed by atoms with van der Waals surface area (Å²) in [6, 6.07) is 10.3. The third-order valence-electron chi connectivity index (χ3n) is 1.76. The van der Waals surface area contributed by atoms with E-state index < -0.39 is 0 Å². The van der Waals surface area contributed by atoms with Gasteiger partial charge in [0.05, 0.1) is 6.04 Å². The molecule has 0 saturated heterocycles. The van der Waals surface area contributed by atoms with Gasteiger partial charge in [-0.1, -0.05) is 36.4 Å². The second-order valence-electron chi connectivity index (χ2n) is 2.80. The van der Waals surface area contributed by atoms with Crippen LogP contribution in [0.5, 0.6) is 0 Å². The van der Waals surface area contributed by atoms with Crippen LogP contribution in [0.2, 0.25) is 0 Å². The van der Waals surface area contributed by atoms with Gasteiger partial charge in [0, 0.05) is 5.69 Å². The van der Waals surface area contributed by atoms with Crippen molar-refractivity contribution in [2.45, 2.75) is 13.0 Å². The van der Waals surface area contributed by atoms with E-state index in [1.54, 1.807) is 0 Å². The van der Waals surface area contributed by atoms with Crippen molar-refractivity contribution in [1.82, 2.24) is 0 Å². The molecule has 1 aromatic rings. The summed E-state index contributed by atoms with van der Waals surface area (Å²) < 4.78 is 0. The first-order valence-electron chi connectivity index (χ1n) is 4.43. The van der Waals surface area contributed by atoms with E-state index in [2.05, 4.69) is 18.0 Å². The van der Waals surface area contributed by atoms with Gasteiger partial charge in [-0.05, 0) is 19.1 Å². The Morgan fingerprint density at radius 2 is 2.00 bits per heavy atom. The van der Waals surface area contributed by atoms with Crippen molar-refractivity contribution in [1.29, 1.82) is 0 Å². The Hall–Kier alpha value is -1.50. The van der Waals surface area contributed by atoms with E-state index in [9.17, 15) is 0 Å². The molecule has 0 spiro atoms. The van der Waals surface area contributed by atoms with E-state index in [1.165, 1.54) is 0 Å². The van der Waals surface area contributed by atoms with Crippen LogP contribution in [0.1, 0.15) is 6.92 Å². The van der Waals surface area contributed by atoms with Gasteiger partial charge in [0.25, 0.3) is 0 Å². The molecule has 1 aromatic carbocycles. The van der Waals surface area contributed by atoms with E-state index in [4.69, 9.17) is 0 Å². The summed E-state index contributed by atoms with van der Waals surface area (Å²) in [6.45, 7) is 5.77. The Kier molecular flexibility index (Phi) is 3.83. The van der Waals surface area contributed by atoms with Crippen molar-refractivity contribution in [3.8, 4) is 0 Å². The molecule has 1 N–H and O–H groups in total. The Labute approximate surface area is 79.8 Å². The number of anilines is 1. The summed E-state index contributed by atoms with van der Waals surface area (Å²) in [4.78, 5) is 0. The van der Waals surface area contributed by atoms with Crippen molar-refractivity contribution >= 4 is 5.69 Å². The molecule has 0 unspecified atom stereocenters. The summed E-state index contributed by atoms with van der Waals surface area (Å²) in [6.07, 6.45) is 5.97. The monoisotopic (exact) mass is 173 g/mol. The maximum Gasteiger partial charge on any atom is 0.0625 e. The molecule has 1 atom stereocenters. The predicted molar refractivity (Wildman–Crippen MR) is 58.9 cm³/mol. The van der Waals surface area contributed by atoms with E-state index in [0.717, 1.165) is 5.69 Å². The molecule has 0 amide bonds. The second kappa shape index (κ2) is 5.20. The Morgan fingerprint density at radius 3 is 2.54 bits per heavy atom. The molecule has 0 aliphatic heterocycles. The lowest BCUT2D eigenvalue weighted by Crippen LogP contribution is -2.12. The van der Waals surface area contributed by atoms with Crippen LogP contribution in [0.25, 0.3) is 0 Å². The van der Waals surface area contributed by atoms with Crippen LogP contribution in [0.3, 0.4) is 0 Å². The summed E-state index contributed by atoms with van der Waals surface area (Å²) in [5.41, 5.74) is 1.12. The summed E-state index contributed by atoms with van der Waals surface area (Å²) in [7, 11) is 0. The summed E-state index contributed by atoms with van der Waals surface area (Å²) in [5, 5.41) is 3.32. The average Bonchev–Trinajstić information content (AvgIpc) is 2.19. The standard InChI is InChI=1S/C12H15N/c1-3-8-11(4-2)13-12-9-6-5-7-10-12/h3-11,13H,2H2,1H3/b8-3+/t11-/m0/s1.